The van der Waals surface area contributed by atoms with Gasteiger partial charge in [-0.1, -0.05) is 34.7 Å². The van der Waals surface area contributed by atoms with Crippen LogP contribution in [0.4, 0.5) is 10.7 Å². The Labute approximate surface area is 158 Å². The Morgan fingerprint density at radius 1 is 1.28 bits per heavy atom. The SMILES string of the molecule is O=C(NC1=CC=CC2C(=O)N3CCCC(I)C3=C12)Nc1ncccn1. The fourth-order valence-electron chi connectivity index (χ4n) is 3.41. The molecule has 128 valence electrons. The number of amides is 3. The first-order valence-electron chi connectivity index (χ1n) is 8.08. The molecule has 2 aliphatic heterocycles. The van der Waals surface area contributed by atoms with Crippen LogP contribution >= 0.6 is 22.6 Å². The van der Waals surface area contributed by atoms with Crippen LogP contribution < -0.4 is 10.6 Å². The maximum absolute atomic E-state index is 12.7. The normalized spacial score (nSPS) is 24.6. The predicted molar refractivity (Wildman–Crippen MR) is 101 cm³/mol. The first-order chi connectivity index (χ1) is 12.1. The number of alkyl halides is 1. The van der Waals surface area contributed by atoms with E-state index >= 15 is 0 Å². The molecule has 3 amide bonds. The van der Waals surface area contributed by atoms with Gasteiger partial charge in [-0.05, 0) is 25.0 Å². The molecule has 1 aromatic rings. The van der Waals surface area contributed by atoms with Crippen LogP contribution in [0.5, 0.6) is 0 Å². The molecule has 2 N–H and O–H groups in total. The summed E-state index contributed by atoms with van der Waals surface area (Å²) in [5.41, 5.74) is 2.61. The molecule has 7 nitrogen and oxygen atoms in total. The number of piperidine rings is 1. The molecule has 2 atom stereocenters. The number of carbonyl (C=O) groups excluding carboxylic acids is 2. The average Bonchev–Trinajstić information content (AvgIpc) is 2.91. The predicted octanol–water partition coefficient (Wildman–Crippen LogP) is 2.36. The quantitative estimate of drug-likeness (QED) is 0.536. The van der Waals surface area contributed by atoms with Crippen molar-refractivity contribution in [3.63, 3.8) is 0 Å². The van der Waals surface area contributed by atoms with E-state index in [-0.39, 0.29) is 21.7 Å². The number of anilines is 1. The smallest absolute Gasteiger partial charge is 0.314 e. The number of hydrogen-bond donors (Lipinski definition) is 2. The first-order valence-corrected chi connectivity index (χ1v) is 9.33. The van der Waals surface area contributed by atoms with Crippen molar-refractivity contribution >= 4 is 40.5 Å². The van der Waals surface area contributed by atoms with Crippen molar-refractivity contribution in [2.45, 2.75) is 16.8 Å². The highest BCUT2D eigenvalue weighted by atomic mass is 127. The molecule has 1 aromatic heterocycles. The highest BCUT2D eigenvalue weighted by Gasteiger charge is 2.44. The Hall–Kier alpha value is -2.23. The number of rotatable bonds is 2. The molecular formula is C17H16IN5O2. The number of hydrogen-bond acceptors (Lipinski definition) is 4. The highest BCUT2D eigenvalue weighted by molar-refractivity contribution is 14.1. The fraction of sp³-hybridized carbons (Fsp3) is 0.294. The van der Waals surface area contributed by atoms with E-state index in [1.54, 1.807) is 18.5 Å². The highest BCUT2D eigenvalue weighted by Crippen LogP contribution is 2.43. The minimum Gasteiger partial charge on any atom is -0.314 e. The van der Waals surface area contributed by atoms with E-state index in [1.165, 1.54) is 0 Å². The third-order valence-corrected chi connectivity index (χ3v) is 5.65. The lowest BCUT2D eigenvalue weighted by Crippen LogP contribution is -2.35. The zero-order valence-electron chi connectivity index (χ0n) is 13.3. The second-order valence-corrected chi connectivity index (χ2v) is 7.50. The molecule has 2 unspecified atom stereocenters. The lowest BCUT2D eigenvalue weighted by molar-refractivity contribution is -0.129. The molecule has 0 spiro atoms. The number of nitrogens with one attached hydrogen (secondary N) is 2. The van der Waals surface area contributed by atoms with Crippen LogP contribution in [0.2, 0.25) is 0 Å². The van der Waals surface area contributed by atoms with Gasteiger partial charge in [0.2, 0.25) is 11.9 Å². The first kappa shape index (κ1) is 16.2. The van der Waals surface area contributed by atoms with Gasteiger partial charge in [-0.2, -0.15) is 0 Å². The lowest BCUT2D eigenvalue weighted by Gasteiger charge is -2.30. The van der Waals surface area contributed by atoms with Crippen LogP contribution in [0.3, 0.4) is 0 Å². The summed E-state index contributed by atoms with van der Waals surface area (Å²) in [5.74, 6) is 0.0233. The summed E-state index contributed by atoms with van der Waals surface area (Å²) in [6.45, 7) is 0.749. The van der Waals surface area contributed by atoms with Crippen LogP contribution in [-0.4, -0.2) is 37.3 Å². The Morgan fingerprint density at radius 3 is 2.88 bits per heavy atom. The topological polar surface area (TPSA) is 87.2 Å². The van der Waals surface area contributed by atoms with Gasteiger partial charge in [0, 0.05) is 35.9 Å². The number of urea groups is 1. The van der Waals surface area contributed by atoms with E-state index in [2.05, 4.69) is 43.2 Å². The minimum absolute atomic E-state index is 0.0989. The summed E-state index contributed by atoms with van der Waals surface area (Å²) in [7, 11) is 0. The average molecular weight is 449 g/mol. The summed E-state index contributed by atoms with van der Waals surface area (Å²) in [6, 6.07) is 1.25. The van der Waals surface area contributed by atoms with Gasteiger partial charge in [0.25, 0.3) is 0 Å². The Morgan fingerprint density at radius 2 is 2.08 bits per heavy atom. The van der Waals surface area contributed by atoms with Gasteiger partial charge >= 0.3 is 6.03 Å². The molecule has 0 saturated carbocycles. The molecule has 1 saturated heterocycles. The molecule has 4 rings (SSSR count). The molecule has 1 aliphatic carbocycles. The fourth-order valence-corrected chi connectivity index (χ4v) is 4.53. The molecule has 3 aliphatic rings. The molecule has 0 aromatic carbocycles. The molecular weight excluding hydrogens is 433 g/mol. The van der Waals surface area contributed by atoms with Crippen molar-refractivity contribution in [3.8, 4) is 0 Å². The van der Waals surface area contributed by atoms with Gasteiger partial charge < -0.3 is 10.2 Å². The molecule has 1 fully saturated rings. The maximum Gasteiger partial charge on any atom is 0.326 e. The second-order valence-electron chi connectivity index (χ2n) is 5.99. The number of aromatic nitrogens is 2. The van der Waals surface area contributed by atoms with Crippen molar-refractivity contribution in [2.75, 3.05) is 11.9 Å². The molecule has 8 heteroatoms. The van der Waals surface area contributed by atoms with E-state index in [0.717, 1.165) is 30.7 Å². The van der Waals surface area contributed by atoms with Gasteiger partial charge in [-0.25, -0.2) is 14.8 Å². The van der Waals surface area contributed by atoms with Crippen LogP contribution in [0.25, 0.3) is 0 Å². The van der Waals surface area contributed by atoms with E-state index in [1.807, 2.05) is 23.1 Å². The van der Waals surface area contributed by atoms with Gasteiger partial charge in [-0.15, -0.1) is 0 Å². The summed E-state index contributed by atoms with van der Waals surface area (Å²) in [6.07, 6.45) is 10.7. The van der Waals surface area contributed by atoms with Crippen molar-refractivity contribution in [1.29, 1.82) is 0 Å². The summed E-state index contributed by atoms with van der Waals surface area (Å²) in [4.78, 5) is 34.8. The largest absolute Gasteiger partial charge is 0.326 e. The van der Waals surface area contributed by atoms with Crippen molar-refractivity contribution in [3.05, 3.63) is 53.7 Å². The molecule has 0 bridgehead atoms. The summed E-state index contributed by atoms with van der Waals surface area (Å²) < 4.78 is 0.271. The zero-order chi connectivity index (χ0) is 17.4. The van der Waals surface area contributed by atoms with E-state index in [0.29, 0.717) is 5.70 Å². The molecule has 0 radical (unpaired) electrons. The number of fused-ring (bicyclic) bond motifs is 2. The Kier molecular flexibility index (Phi) is 4.28. The number of carbonyl (C=O) groups is 2. The Bertz CT molecular complexity index is 818. The van der Waals surface area contributed by atoms with Crippen molar-refractivity contribution in [1.82, 2.24) is 20.2 Å². The van der Waals surface area contributed by atoms with Crippen LogP contribution in [0.15, 0.2) is 53.7 Å². The van der Waals surface area contributed by atoms with Crippen molar-refractivity contribution in [2.24, 2.45) is 5.92 Å². The van der Waals surface area contributed by atoms with E-state index in [9.17, 15) is 9.59 Å². The second kappa shape index (κ2) is 6.58. The van der Waals surface area contributed by atoms with Gasteiger partial charge in [-0.3, -0.25) is 10.1 Å². The lowest BCUT2D eigenvalue weighted by atomic mass is 9.91. The zero-order valence-corrected chi connectivity index (χ0v) is 15.4. The minimum atomic E-state index is -0.425. The van der Waals surface area contributed by atoms with Gasteiger partial charge in [0.1, 0.15) is 0 Å². The molecule has 25 heavy (non-hydrogen) atoms. The van der Waals surface area contributed by atoms with Crippen LogP contribution in [0, 0.1) is 5.92 Å². The van der Waals surface area contributed by atoms with Gasteiger partial charge in [0.15, 0.2) is 0 Å². The number of nitrogens with zero attached hydrogens (tertiary/aromatic N) is 3. The third-order valence-electron chi connectivity index (χ3n) is 4.44. The van der Waals surface area contributed by atoms with Crippen LogP contribution in [0.1, 0.15) is 12.8 Å². The summed E-state index contributed by atoms with van der Waals surface area (Å²) >= 11 is 2.38. The molecule has 3 heterocycles. The van der Waals surface area contributed by atoms with Crippen molar-refractivity contribution < 1.29 is 9.59 Å². The van der Waals surface area contributed by atoms with Gasteiger partial charge in [0.05, 0.1) is 9.84 Å². The summed E-state index contributed by atoms with van der Waals surface area (Å²) in [5, 5.41) is 5.46. The monoisotopic (exact) mass is 449 g/mol. The standard InChI is InChI=1S/C17H16IN5O2/c18-11-5-2-9-23-14(11)13-10(15(23)24)4-1-6-12(13)21-17(25)22-16-19-7-3-8-20-16/h1,3-4,6-8,10-11H,2,5,9H2,(H2,19,20,21,22,25). The maximum atomic E-state index is 12.7. The van der Waals surface area contributed by atoms with E-state index in [4.69, 9.17) is 0 Å². The number of halogens is 1. The third kappa shape index (κ3) is 2.94. The Balaban J connectivity index is 1.60. The van der Waals surface area contributed by atoms with Crippen LogP contribution in [-0.2, 0) is 4.79 Å². The van der Waals surface area contributed by atoms with E-state index < -0.39 is 6.03 Å². The number of allylic oxidation sites excluding steroid dienone is 4.